The summed E-state index contributed by atoms with van der Waals surface area (Å²) >= 11 is 0. The zero-order valence-electron chi connectivity index (χ0n) is 41.1. The van der Waals surface area contributed by atoms with Gasteiger partial charge >= 0.3 is 17.9 Å². The molecule has 6 heteroatoms. The summed E-state index contributed by atoms with van der Waals surface area (Å²) < 4.78 is 16.8. The minimum absolute atomic E-state index is 0.0634. The van der Waals surface area contributed by atoms with Crippen molar-refractivity contribution in [2.75, 3.05) is 13.2 Å². The second-order valence-electron chi connectivity index (χ2n) is 19.5. The Labute approximate surface area is 374 Å². The molecule has 356 valence electrons. The smallest absolute Gasteiger partial charge is 0.306 e. The van der Waals surface area contributed by atoms with Gasteiger partial charge in [0.15, 0.2) is 6.10 Å². The molecule has 0 rings (SSSR count). The lowest BCUT2D eigenvalue weighted by Gasteiger charge is -2.18. The molecule has 0 N–H and O–H groups in total. The van der Waals surface area contributed by atoms with Crippen molar-refractivity contribution in [2.45, 2.75) is 304 Å². The summed E-state index contributed by atoms with van der Waals surface area (Å²) in [6, 6.07) is 0. The largest absolute Gasteiger partial charge is 0.462 e. The van der Waals surface area contributed by atoms with Gasteiger partial charge in [-0.2, -0.15) is 0 Å². The van der Waals surface area contributed by atoms with E-state index in [1.165, 1.54) is 186 Å². The normalized spacial score (nSPS) is 12.1. The highest BCUT2D eigenvalue weighted by Crippen LogP contribution is 2.18. The van der Waals surface area contributed by atoms with Crippen LogP contribution in [0.5, 0.6) is 0 Å². The van der Waals surface area contributed by atoms with Crippen LogP contribution in [0.4, 0.5) is 0 Å². The fourth-order valence-corrected chi connectivity index (χ4v) is 8.17. The summed E-state index contributed by atoms with van der Waals surface area (Å²) in [5, 5.41) is 0. The van der Waals surface area contributed by atoms with Gasteiger partial charge in [0, 0.05) is 19.3 Å². The van der Waals surface area contributed by atoms with E-state index in [-0.39, 0.29) is 31.1 Å². The molecule has 0 spiro atoms. The van der Waals surface area contributed by atoms with Gasteiger partial charge in [-0.3, -0.25) is 14.4 Å². The number of hydrogen-bond acceptors (Lipinski definition) is 6. The number of carbonyl (C=O) groups is 3. The molecule has 0 amide bonds. The first-order chi connectivity index (χ1) is 29.2. The lowest BCUT2D eigenvalue weighted by atomic mass is 10.0. The monoisotopic (exact) mass is 849 g/mol. The van der Waals surface area contributed by atoms with Gasteiger partial charge in [0.25, 0.3) is 0 Å². The molecule has 0 bridgehead atoms. The Bertz CT molecular complexity index is 916. The van der Waals surface area contributed by atoms with Gasteiger partial charge in [-0.25, -0.2) is 0 Å². The number of esters is 3. The van der Waals surface area contributed by atoms with Crippen molar-refractivity contribution >= 4 is 17.9 Å². The summed E-state index contributed by atoms with van der Waals surface area (Å²) in [4.78, 5) is 38.0. The quantitative estimate of drug-likeness (QED) is 0.0345. The zero-order chi connectivity index (χ0) is 44.0. The maximum absolute atomic E-state index is 12.8. The molecule has 6 nitrogen and oxygen atoms in total. The predicted octanol–water partition coefficient (Wildman–Crippen LogP) is 17.3. The Hall–Kier alpha value is -1.59. The van der Waals surface area contributed by atoms with Crippen molar-refractivity contribution in [2.24, 2.45) is 11.8 Å². The van der Waals surface area contributed by atoms with Gasteiger partial charge in [0.05, 0.1) is 0 Å². The number of carbonyl (C=O) groups excluding carboxylic acids is 3. The van der Waals surface area contributed by atoms with Crippen LogP contribution >= 0.6 is 0 Å². The number of unbranched alkanes of at least 4 members (excludes halogenated alkanes) is 33. The predicted molar refractivity (Wildman–Crippen MR) is 256 cm³/mol. The maximum atomic E-state index is 12.8. The molecule has 0 saturated heterocycles. The molecule has 0 radical (unpaired) electrons. The lowest BCUT2D eigenvalue weighted by Crippen LogP contribution is -2.30. The third kappa shape index (κ3) is 47.5. The molecule has 0 saturated carbocycles. The van der Waals surface area contributed by atoms with E-state index in [0.29, 0.717) is 19.3 Å². The summed E-state index contributed by atoms with van der Waals surface area (Å²) in [5.74, 6) is 0.820. The van der Waals surface area contributed by atoms with Crippen LogP contribution in [-0.4, -0.2) is 37.2 Å². The first-order valence-corrected chi connectivity index (χ1v) is 26.7. The molecular formula is C54H104O6. The minimum atomic E-state index is -0.761. The van der Waals surface area contributed by atoms with Gasteiger partial charge in [-0.15, -0.1) is 0 Å². The Balaban J connectivity index is 4.28. The molecular weight excluding hydrogens is 745 g/mol. The average molecular weight is 849 g/mol. The van der Waals surface area contributed by atoms with Crippen LogP contribution in [0.2, 0.25) is 0 Å². The number of rotatable bonds is 48. The molecule has 0 aliphatic heterocycles. The molecule has 0 aliphatic rings. The van der Waals surface area contributed by atoms with E-state index in [1.807, 2.05) is 0 Å². The Morgan fingerprint density at radius 2 is 0.550 bits per heavy atom. The van der Waals surface area contributed by atoms with Crippen LogP contribution in [0, 0.1) is 11.8 Å². The fraction of sp³-hybridized carbons (Fsp3) is 0.944. The summed E-state index contributed by atoms with van der Waals surface area (Å²) in [7, 11) is 0. The topological polar surface area (TPSA) is 78.9 Å². The minimum Gasteiger partial charge on any atom is -0.462 e. The van der Waals surface area contributed by atoms with Crippen molar-refractivity contribution < 1.29 is 28.6 Å². The van der Waals surface area contributed by atoms with E-state index in [1.54, 1.807) is 0 Å². The van der Waals surface area contributed by atoms with Crippen molar-refractivity contribution in [3.63, 3.8) is 0 Å². The van der Waals surface area contributed by atoms with Crippen molar-refractivity contribution in [3.8, 4) is 0 Å². The van der Waals surface area contributed by atoms with Crippen LogP contribution in [0.1, 0.15) is 298 Å². The van der Waals surface area contributed by atoms with Crippen molar-refractivity contribution in [1.82, 2.24) is 0 Å². The molecule has 0 aromatic carbocycles. The molecule has 0 fully saturated rings. The maximum Gasteiger partial charge on any atom is 0.306 e. The van der Waals surface area contributed by atoms with E-state index in [0.717, 1.165) is 69.6 Å². The van der Waals surface area contributed by atoms with Crippen LogP contribution in [0.15, 0.2) is 0 Å². The third-order valence-electron chi connectivity index (χ3n) is 12.2. The van der Waals surface area contributed by atoms with E-state index in [9.17, 15) is 14.4 Å². The van der Waals surface area contributed by atoms with Gasteiger partial charge in [0.2, 0.25) is 0 Å². The first-order valence-electron chi connectivity index (χ1n) is 26.7. The average Bonchev–Trinajstić information content (AvgIpc) is 3.22. The van der Waals surface area contributed by atoms with Crippen LogP contribution in [-0.2, 0) is 28.6 Å². The third-order valence-corrected chi connectivity index (χ3v) is 12.2. The second kappa shape index (κ2) is 46.9. The molecule has 0 aliphatic carbocycles. The molecule has 0 heterocycles. The van der Waals surface area contributed by atoms with Crippen LogP contribution in [0.3, 0.4) is 0 Å². The van der Waals surface area contributed by atoms with E-state index >= 15 is 0 Å². The number of ether oxygens (including phenoxy) is 3. The highest BCUT2D eigenvalue weighted by Gasteiger charge is 2.19. The molecule has 60 heavy (non-hydrogen) atoms. The van der Waals surface area contributed by atoms with Gasteiger partial charge in [-0.1, -0.05) is 259 Å². The molecule has 1 atom stereocenters. The summed E-state index contributed by atoms with van der Waals surface area (Å²) in [6.07, 6.45) is 48.0. The Morgan fingerprint density at radius 3 is 0.817 bits per heavy atom. The molecule has 0 aromatic heterocycles. The highest BCUT2D eigenvalue weighted by molar-refractivity contribution is 5.71. The van der Waals surface area contributed by atoms with Crippen molar-refractivity contribution in [1.29, 1.82) is 0 Å². The van der Waals surface area contributed by atoms with E-state index in [2.05, 4.69) is 34.6 Å². The van der Waals surface area contributed by atoms with Crippen LogP contribution in [0.25, 0.3) is 0 Å². The zero-order valence-corrected chi connectivity index (χ0v) is 41.1. The van der Waals surface area contributed by atoms with Crippen LogP contribution < -0.4 is 0 Å². The molecule has 0 unspecified atom stereocenters. The van der Waals surface area contributed by atoms with Gasteiger partial charge in [-0.05, 0) is 31.1 Å². The van der Waals surface area contributed by atoms with Crippen molar-refractivity contribution in [3.05, 3.63) is 0 Å². The standard InChI is InChI=1S/C54H104O6/c1-6-7-8-9-10-11-17-24-29-34-39-44-52(55)58-47-51(48-59-53(56)45-40-35-30-25-21-20-23-28-33-38-43-50(4)5)60-54(57)46-41-36-31-26-19-16-14-12-13-15-18-22-27-32-37-42-49(2)3/h49-51H,6-48H2,1-5H3/t51-/m1/s1. The highest BCUT2D eigenvalue weighted by atomic mass is 16.6. The first kappa shape index (κ1) is 58.4. The van der Waals surface area contributed by atoms with Gasteiger partial charge < -0.3 is 14.2 Å². The second-order valence-corrected chi connectivity index (χ2v) is 19.5. The Morgan fingerprint density at radius 1 is 0.317 bits per heavy atom. The Kier molecular flexibility index (Phi) is 45.7. The summed E-state index contributed by atoms with van der Waals surface area (Å²) in [6.45, 7) is 11.4. The number of hydrogen-bond donors (Lipinski definition) is 0. The molecule has 0 aromatic rings. The van der Waals surface area contributed by atoms with E-state index < -0.39 is 6.10 Å². The van der Waals surface area contributed by atoms with E-state index in [4.69, 9.17) is 14.2 Å². The fourth-order valence-electron chi connectivity index (χ4n) is 8.17. The SMILES string of the molecule is CCCCCCCCCCCCCC(=O)OC[C@H](COC(=O)CCCCCCCCCCCCC(C)C)OC(=O)CCCCCCCCCCCCCCCCCC(C)C. The summed E-state index contributed by atoms with van der Waals surface area (Å²) in [5.41, 5.74) is 0. The lowest BCUT2D eigenvalue weighted by molar-refractivity contribution is -0.167. The van der Waals surface area contributed by atoms with Gasteiger partial charge in [0.1, 0.15) is 13.2 Å².